The van der Waals surface area contributed by atoms with Gasteiger partial charge < -0.3 is 4.90 Å². The standard InChI is InChI=1S/C16H19NO/c1-11-6-5-7-13(11)14-8-9-16(17(3)4)12(2)15(14)10-18/h5-6,8-10H,7H2,1-4H3. The molecule has 0 aromatic heterocycles. The zero-order valence-electron chi connectivity index (χ0n) is 11.4. The smallest absolute Gasteiger partial charge is 0.151 e. The molecule has 18 heavy (non-hydrogen) atoms. The molecule has 0 N–H and O–H groups in total. The number of carbonyl (C=O) groups excluding carboxylic acids is 1. The highest BCUT2D eigenvalue weighted by atomic mass is 16.1. The van der Waals surface area contributed by atoms with Crippen molar-refractivity contribution >= 4 is 17.5 Å². The first kappa shape index (κ1) is 12.6. The van der Waals surface area contributed by atoms with Crippen LogP contribution in [0.1, 0.15) is 34.8 Å². The molecule has 2 nitrogen and oxygen atoms in total. The van der Waals surface area contributed by atoms with Gasteiger partial charge in [0.05, 0.1) is 0 Å². The molecule has 0 saturated carbocycles. The Hall–Kier alpha value is -1.83. The Labute approximate surface area is 109 Å². The predicted octanol–water partition coefficient (Wildman–Crippen LogP) is 3.61. The zero-order chi connectivity index (χ0) is 13.3. The van der Waals surface area contributed by atoms with Crippen molar-refractivity contribution in [1.29, 1.82) is 0 Å². The van der Waals surface area contributed by atoms with Gasteiger partial charge >= 0.3 is 0 Å². The van der Waals surface area contributed by atoms with Gasteiger partial charge in [0.2, 0.25) is 0 Å². The summed E-state index contributed by atoms with van der Waals surface area (Å²) in [5.41, 5.74) is 6.58. The molecule has 0 saturated heterocycles. The summed E-state index contributed by atoms with van der Waals surface area (Å²) < 4.78 is 0. The summed E-state index contributed by atoms with van der Waals surface area (Å²) in [7, 11) is 4.00. The minimum absolute atomic E-state index is 0.819. The first-order chi connectivity index (χ1) is 8.56. The summed E-state index contributed by atoms with van der Waals surface area (Å²) in [6.45, 7) is 4.11. The van der Waals surface area contributed by atoms with Crippen LogP contribution in [0.25, 0.3) is 5.57 Å². The normalized spacial score (nSPS) is 14.2. The van der Waals surface area contributed by atoms with Crippen LogP contribution in [0.3, 0.4) is 0 Å². The third-order valence-electron chi connectivity index (χ3n) is 3.58. The highest BCUT2D eigenvalue weighted by Gasteiger charge is 2.16. The molecule has 0 fully saturated rings. The Morgan fingerprint density at radius 3 is 2.44 bits per heavy atom. The van der Waals surface area contributed by atoms with Gasteiger partial charge in [0.1, 0.15) is 0 Å². The van der Waals surface area contributed by atoms with E-state index in [1.165, 1.54) is 11.1 Å². The SMILES string of the molecule is CC1=C(c2ccc(N(C)C)c(C)c2C=O)CC=C1. The van der Waals surface area contributed by atoms with Gasteiger partial charge in [0.15, 0.2) is 6.29 Å². The van der Waals surface area contributed by atoms with Gasteiger partial charge in [-0.05, 0) is 48.6 Å². The summed E-state index contributed by atoms with van der Waals surface area (Å²) in [6.07, 6.45) is 6.18. The van der Waals surface area contributed by atoms with Gasteiger partial charge in [0, 0.05) is 25.3 Å². The van der Waals surface area contributed by atoms with E-state index in [2.05, 4.69) is 31.2 Å². The Bertz CT molecular complexity index is 550. The second-order valence-electron chi connectivity index (χ2n) is 4.95. The van der Waals surface area contributed by atoms with E-state index in [1.807, 2.05) is 25.9 Å². The van der Waals surface area contributed by atoms with Crippen LogP contribution in [0.15, 0.2) is 29.9 Å². The van der Waals surface area contributed by atoms with Gasteiger partial charge in [-0.15, -0.1) is 0 Å². The molecule has 1 aromatic carbocycles. The fourth-order valence-corrected chi connectivity index (χ4v) is 2.55. The van der Waals surface area contributed by atoms with Crippen LogP contribution in [0.5, 0.6) is 0 Å². The van der Waals surface area contributed by atoms with Crippen LogP contribution in [-0.2, 0) is 0 Å². The summed E-state index contributed by atoms with van der Waals surface area (Å²) in [6, 6.07) is 4.16. The molecule has 2 rings (SSSR count). The Morgan fingerprint density at radius 1 is 1.22 bits per heavy atom. The number of hydrogen-bond acceptors (Lipinski definition) is 2. The van der Waals surface area contributed by atoms with E-state index in [0.29, 0.717) is 0 Å². The van der Waals surface area contributed by atoms with Crippen molar-refractivity contribution in [3.63, 3.8) is 0 Å². The van der Waals surface area contributed by atoms with Crippen LogP contribution in [0, 0.1) is 6.92 Å². The molecule has 0 amide bonds. The van der Waals surface area contributed by atoms with Crippen molar-refractivity contribution in [2.75, 3.05) is 19.0 Å². The Balaban J connectivity index is 2.61. The maximum absolute atomic E-state index is 11.4. The number of nitrogens with zero attached hydrogens (tertiary/aromatic N) is 1. The van der Waals surface area contributed by atoms with E-state index < -0.39 is 0 Å². The van der Waals surface area contributed by atoms with Crippen LogP contribution < -0.4 is 4.90 Å². The zero-order valence-corrected chi connectivity index (χ0v) is 11.4. The molecular weight excluding hydrogens is 222 g/mol. The molecule has 0 unspecified atom stereocenters. The Morgan fingerprint density at radius 2 is 1.94 bits per heavy atom. The fraction of sp³-hybridized carbons (Fsp3) is 0.312. The molecule has 1 aromatic rings. The molecule has 0 heterocycles. The summed E-state index contributed by atoms with van der Waals surface area (Å²) in [4.78, 5) is 13.5. The minimum Gasteiger partial charge on any atom is -0.377 e. The number of allylic oxidation sites excluding steroid dienone is 4. The lowest BCUT2D eigenvalue weighted by molar-refractivity contribution is 0.112. The maximum atomic E-state index is 11.4. The van der Waals surface area contributed by atoms with Crippen LogP contribution >= 0.6 is 0 Å². The molecule has 0 bridgehead atoms. The monoisotopic (exact) mass is 241 g/mol. The highest BCUT2D eigenvalue weighted by molar-refractivity contribution is 5.91. The van der Waals surface area contributed by atoms with E-state index in [4.69, 9.17) is 0 Å². The van der Waals surface area contributed by atoms with Gasteiger partial charge in [0.25, 0.3) is 0 Å². The lowest BCUT2D eigenvalue weighted by Gasteiger charge is -2.19. The van der Waals surface area contributed by atoms with Crippen molar-refractivity contribution < 1.29 is 4.79 Å². The maximum Gasteiger partial charge on any atom is 0.151 e. The van der Waals surface area contributed by atoms with Crippen molar-refractivity contribution in [1.82, 2.24) is 0 Å². The molecule has 1 aliphatic carbocycles. The minimum atomic E-state index is 0.819. The van der Waals surface area contributed by atoms with Gasteiger partial charge in [-0.2, -0.15) is 0 Å². The lowest BCUT2D eigenvalue weighted by atomic mass is 9.93. The number of anilines is 1. The van der Waals surface area contributed by atoms with E-state index in [9.17, 15) is 4.79 Å². The van der Waals surface area contributed by atoms with Crippen LogP contribution in [0.2, 0.25) is 0 Å². The van der Waals surface area contributed by atoms with Gasteiger partial charge in [-0.1, -0.05) is 18.2 Å². The number of carbonyl (C=O) groups is 1. The first-order valence-corrected chi connectivity index (χ1v) is 6.19. The van der Waals surface area contributed by atoms with Crippen LogP contribution in [0.4, 0.5) is 5.69 Å². The largest absolute Gasteiger partial charge is 0.377 e. The van der Waals surface area contributed by atoms with E-state index in [-0.39, 0.29) is 0 Å². The van der Waals surface area contributed by atoms with Crippen molar-refractivity contribution in [3.05, 3.63) is 46.5 Å². The van der Waals surface area contributed by atoms with Gasteiger partial charge in [-0.3, -0.25) is 4.79 Å². The molecule has 2 heteroatoms. The molecule has 0 aliphatic heterocycles. The number of hydrogen-bond donors (Lipinski definition) is 0. The molecule has 1 aliphatic rings. The quantitative estimate of drug-likeness (QED) is 0.753. The Kier molecular flexibility index (Phi) is 3.37. The molecule has 0 radical (unpaired) electrons. The van der Waals surface area contributed by atoms with Crippen molar-refractivity contribution in [2.45, 2.75) is 20.3 Å². The van der Waals surface area contributed by atoms with E-state index in [0.717, 1.165) is 35.1 Å². The summed E-state index contributed by atoms with van der Waals surface area (Å²) in [5, 5.41) is 0. The predicted molar refractivity (Wildman–Crippen MR) is 77.2 cm³/mol. The molecule has 0 atom stereocenters. The number of rotatable bonds is 3. The van der Waals surface area contributed by atoms with E-state index >= 15 is 0 Å². The highest BCUT2D eigenvalue weighted by Crippen LogP contribution is 2.34. The number of benzene rings is 1. The van der Waals surface area contributed by atoms with Crippen LogP contribution in [-0.4, -0.2) is 20.4 Å². The number of aldehydes is 1. The second-order valence-corrected chi connectivity index (χ2v) is 4.95. The average Bonchev–Trinajstić information content (AvgIpc) is 2.74. The third-order valence-corrected chi connectivity index (χ3v) is 3.58. The summed E-state index contributed by atoms with van der Waals surface area (Å²) in [5.74, 6) is 0. The first-order valence-electron chi connectivity index (χ1n) is 6.19. The topological polar surface area (TPSA) is 20.3 Å². The average molecular weight is 241 g/mol. The fourth-order valence-electron chi connectivity index (χ4n) is 2.55. The van der Waals surface area contributed by atoms with Crippen molar-refractivity contribution in [3.8, 4) is 0 Å². The summed E-state index contributed by atoms with van der Waals surface area (Å²) >= 11 is 0. The lowest BCUT2D eigenvalue weighted by Crippen LogP contribution is -2.12. The third kappa shape index (κ3) is 1.99. The van der Waals surface area contributed by atoms with E-state index in [1.54, 1.807) is 0 Å². The van der Waals surface area contributed by atoms with Gasteiger partial charge in [-0.25, -0.2) is 0 Å². The molecule has 94 valence electrons. The van der Waals surface area contributed by atoms with Crippen molar-refractivity contribution in [2.24, 2.45) is 0 Å². The second kappa shape index (κ2) is 4.81. The molecule has 0 spiro atoms. The molecular formula is C16H19NO.